The molecule has 0 aliphatic heterocycles. The third-order valence-corrected chi connectivity index (χ3v) is 4.36. The van der Waals surface area contributed by atoms with Crippen LogP contribution >= 0.6 is 0 Å². The first-order valence-electron chi connectivity index (χ1n) is 8.93. The molecule has 148 valence electrons. The van der Waals surface area contributed by atoms with Gasteiger partial charge < -0.3 is 23.6 Å². The van der Waals surface area contributed by atoms with Gasteiger partial charge in [-0.25, -0.2) is 0 Å². The minimum Gasteiger partial charge on any atom is -0.493 e. The molecular formula is C21H19N3O5. The summed E-state index contributed by atoms with van der Waals surface area (Å²) < 4.78 is 21.7. The Morgan fingerprint density at radius 3 is 2.55 bits per heavy atom. The molecule has 1 atom stereocenters. The zero-order chi connectivity index (χ0) is 20.2. The molecule has 2 aromatic carbocycles. The van der Waals surface area contributed by atoms with Crippen LogP contribution in [0.5, 0.6) is 11.5 Å². The Kier molecular flexibility index (Phi) is 5.26. The fourth-order valence-corrected chi connectivity index (χ4v) is 2.93. The van der Waals surface area contributed by atoms with E-state index >= 15 is 0 Å². The van der Waals surface area contributed by atoms with Gasteiger partial charge in [0.05, 0.1) is 13.3 Å². The molecule has 4 rings (SSSR count). The standard InChI is InChI=1S/C21H19N3O5/c1-13-23-21(24-28-13)16-11-18(26-2)19(27-12-14-6-4-3-5-7-14)10-15(16)20(25)17-8-9-22-29-17/h3-11,20,25H,12H2,1-2H3. The van der Waals surface area contributed by atoms with Gasteiger partial charge in [0, 0.05) is 24.1 Å². The minimum absolute atomic E-state index is 0.283. The van der Waals surface area contributed by atoms with E-state index in [0.717, 1.165) is 5.56 Å². The van der Waals surface area contributed by atoms with E-state index < -0.39 is 6.10 Å². The molecule has 0 radical (unpaired) electrons. The number of aliphatic hydroxyl groups excluding tert-OH is 1. The highest BCUT2D eigenvalue weighted by Gasteiger charge is 2.24. The summed E-state index contributed by atoms with van der Waals surface area (Å²) in [7, 11) is 1.54. The monoisotopic (exact) mass is 393 g/mol. The van der Waals surface area contributed by atoms with Gasteiger partial charge in [0.25, 0.3) is 0 Å². The molecule has 0 aliphatic carbocycles. The first-order chi connectivity index (χ1) is 14.2. The predicted octanol–water partition coefficient (Wildman–Crippen LogP) is 3.70. The van der Waals surface area contributed by atoms with Crippen molar-refractivity contribution in [3.05, 3.63) is 77.5 Å². The number of aryl methyl sites for hydroxylation is 1. The maximum Gasteiger partial charge on any atom is 0.223 e. The lowest BCUT2D eigenvalue weighted by molar-refractivity contribution is 0.176. The molecular weight excluding hydrogens is 374 g/mol. The summed E-state index contributed by atoms with van der Waals surface area (Å²) >= 11 is 0. The maximum absolute atomic E-state index is 10.9. The number of rotatable bonds is 7. The third-order valence-electron chi connectivity index (χ3n) is 4.36. The van der Waals surface area contributed by atoms with E-state index in [1.165, 1.54) is 6.20 Å². The molecule has 0 amide bonds. The van der Waals surface area contributed by atoms with Crippen molar-refractivity contribution >= 4 is 0 Å². The average Bonchev–Trinajstić information content (AvgIpc) is 3.44. The van der Waals surface area contributed by atoms with E-state index in [1.54, 1.807) is 32.2 Å². The highest BCUT2D eigenvalue weighted by Crippen LogP contribution is 2.39. The summed E-state index contributed by atoms with van der Waals surface area (Å²) in [6, 6.07) is 14.7. The quantitative estimate of drug-likeness (QED) is 0.507. The first-order valence-corrected chi connectivity index (χ1v) is 8.93. The Morgan fingerprint density at radius 1 is 1.07 bits per heavy atom. The first kappa shape index (κ1) is 18.7. The highest BCUT2D eigenvalue weighted by molar-refractivity contribution is 5.67. The van der Waals surface area contributed by atoms with Crippen molar-refractivity contribution in [1.29, 1.82) is 0 Å². The summed E-state index contributed by atoms with van der Waals surface area (Å²) in [6.45, 7) is 2.04. The van der Waals surface area contributed by atoms with Gasteiger partial charge in [-0.15, -0.1) is 0 Å². The molecule has 0 spiro atoms. The second kappa shape index (κ2) is 8.15. The van der Waals surface area contributed by atoms with E-state index in [-0.39, 0.29) is 5.76 Å². The molecule has 0 saturated carbocycles. The molecule has 0 bridgehead atoms. The van der Waals surface area contributed by atoms with Crippen LogP contribution in [0, 0.1) is 6.92 Å². The van der Waals surface area contributed by atoms with Crippen LogP contribution in [0.15, 0.2) is 63.8 Å². The van der Waals surface area contributed by atoms with Crippen molar-refractivity contribution in [1.82, 2.24) is 15.3 Å². The number of nitrogens with zero attached hydrogens (tertiary/aromatic N) is 3. The van der Waals surface area contributed by atoms with Crippen LogP contribution in [0.3, 0.4) is 0 Å². The van der Waals surface area contributed by atoms with E-state index in [1.807, 2.05) is 30.3 Å². The van der Waals surface area contributed by atoms with Gasteiger partial charge >= 0.3 is 0 Å². The molecule has 0 saturated heterocycles. The third kappa shape index (κ3) is 3.97. The van der Waals surface area contributed by atoms with Crippen LogP contribution in [0.2, 0.25) is 0 Å². The maximum atomic E-state index is 10.9. The van der Waals surface area contributed by atoms with Crippen LogP contribution in [-0.4, -0.2) is 27.5 Å². The molecule has 1 N–H and O–H groups in total. The Bertz CT molecular complexity index is 1080. The number of ether oxygens (including phenoxy) is 2. The molecule has 8 nitrogen and oxygen atoms in total. The summed E-state index contributed by atoms with van der Waals surface area (Å²) in [6.07, 6.45) is 0.365. The summed E-state index contributed by atoms with van der Waals surface area (Å²) in [5, 5.41) is 18.5. The lowest BCUT2D eigenvalue weighted by Gasteiger charge is -2.17. The molecule has 0 fully saturated rings. The Balaban J connectivity index is 1.76. The van der Waals surface area contributed by atoms with Crippen molar-refractivity contribution in [3.63, 3.8) is 0 Å². The lowest BCUT2D eigenvalue weighted by Crippen LogP contribution is -2.05. The zero-order valence-electron chi connectivity index (χ0n) is 15.9. The van der Waals surface area contributed by atoms with Crippen LogP contribution in [0.1, 0.15) is 28.9 Å². The SMILES string of the molecule is COc1cc(-c2noc(C)n2)c(C(O)c2ccno2)cc1OCc1ccccc1. The van der Waals surface area contributed by atoms with Gasteiger partial charge in [0.15, 0.2) is 17.3 Å². The van der Waals surface area contributed by atoms with Crippen LogP contribution in [-0.2, 0) is 6.61 Å². The minimum atomic E-state index is -1.10. The number of methoxy groups -OCH3 is 1. The van der Waals surface area contributed by atoms with E-state index in [0.29, 0.717) is 40.9 Å². The van der Waals surface area contributed by atoms with Gasteiger partial charge in [-0.1, -0.05) is 40.6 Å². The Morgan fingerprint density at radius 2 is 1.90 bits per heavy atom. The van der Waals surface area contributed by atoms with Crippen molar-refractivity contribution in [3.8, 4) is 22.9 Å². The number of benzene rings is 2. The van der Waals surface area contributed by atoms with Crippen LogP contribution in [0.25, 0.3) is 11.4 Å². The van der Waals surface area contributed by atoms with Crippen molar-refractivity contribution in [2.45, 2.75) is 19.6 Å². The van der Waals surface area contributed by atoms with Gasteiger partial charge in [-0.05, 0) is 17.7 Å². The van der Waals surface area contributed by atoms with Crippen molar-refractivity contribution in [2.75, 3.05) is 7.11 Å². The van der Waals surface area contributed by atoms with Gasteiger partial charge in [-0.2, -0.15) is 4.98 Å². The fraction of sp³-hybridized carbons (Fsp3) is 0.190. The molecule has 1 unspecified atom stereocenters. The average molecular weight is 393 g/mol. The second-order valence-corrected chi connectivity index (χ2v) is 6.32. The Hall–Kier alpha value is -3.65. The molecule has 8 heteroatoms. The zero-order valence-corrected chi connectivity index (χ0v) is 15.9. The van der Waals surface area contributed by atoms with Crippen molar-refractivity contribution < 1.29 is 23.6 Å². The van der Waals surface area contributed by atoms with Crippen molar-refractivity contribution in [2.24, 2.45) is 0 Å². The second-order valence-electron chi connectivity index (χ2n) is 6.32. The van der Waals surface area contributed by atoms with Gasteiger partial charge in [0.1, 0.15) is 12.7 Å². The number of hydrogen-bond donors (Lipinski definition) is 1. The fourth-order valence-electron chi connectivity index (χ4n) is 2.93. The highest BCUT2D eigenvalue weighted by atomic mass is 16.5. The van der Waals surface area contributed by atoms with Crippen LogP contribution < -0.4 is 9.47 Å². The van der Waals surface area contributed by atoms with E-state index in [4.69, 9.17) is 18.5 Å². The normalized spacial score (nSPS) is 12.0. The van der Waals surface area contributed by atoms with Gasteiger partial charge in [0.2, 0.25) is 11.7 Å². The number of aromatic nitrogens is 3. The van der Waals surface area contributed by atoms with Gasteiger partial charge in [-0.3, -0.25) is 0 Å². The Labute approximate surface area is 166 Å². The van der Waals surface area contributed by atoms with E-state index in [2.05, 4.69) is 15.3 Å². The lowest BCUT2D eigenvalue weighted by atomic mass is 9.99. The van der Waals surface area contributed by atoms with Crippen LogP contribution in [0.4, 0.5) is 0 Å². The topological polar surface area (TPSA) is 104 Å². The number of aliphatic hydroxyl groups is 1. The smallest absolute Gasteiger partial charge is 0.223 e. The largest absolute Gasteiger partial charge is 0.493 e. The molecule has 4 aromatic rings. The summed E-state index contributed by atoms with van der Waals surface area (Å²) in [4.78, 5) is 4.27. The molecule has 29 heavy (non-hydrogen) atoms. The molecule has 0 aliphatic rings. The summed E-state index contributed by atoms with van der Waals surface area (Å²) in [5.74, 6) is 1.96. The summed E-state index contributed by atoms with van der Waals surface area (Å²) in [5.41, 5.74) is 2.02. The van der Waals surface area contributed by atoms with E-state index in [9.17, 15) is 5.11 Å². The predicted molar refractivity (Wildman–Crippen MR) is 102 cm³/mol. The molecule has 2 aromatic heterocycles. The molecule has 2 heterocycles. The number of hydrogen-bond acceptors (Lipinski definition) is 8.